The normalized spacial score (nSPS) is 12.2. The van der Waals surface area contributed by atoms with Crippen molar-refractivity contribution in [2.45, 2.75) is 46.1 Å². The number of nitriles is 1. The first kappa shape index (κ1) is 15.9. The Labute approximate surface area is 105 Å². The van der Waals surface area contributed by atoms with E-state index in [1.807, 2.05) is 6.92 Å². The van der Waals surface area contributed by atoms with Crippen molar-refractivity contribution in [1.82, 2.24) is 4.90 Å². The molecule has 0 aromatic rings. The summed E-state index contributed by atoms with van der Waals surface area (Å²) in [6, 6.07) is 2.08. The highest BCUT2D eigenvalue weighted by Crippen LogP contribution is 2.07. The summed E-state index contributed by atoms with van der Waals surface area (Å²) in [6.45, 7) is 7.36. The fourth-order valence-corrected chi connectivity index (χ4v) is 1.55. The van der Waals surface area contributed by atoms with Crippen LogP contribution in [-0.4, -0.2) is 37.1 Å². The lowest BCUT2D eigenvalue weighted by molar-refractivity contribution is -0.132. The van der Waals surface area contributed by atoms with Crippen LogP contribution in [0.1, 0.15) is 40.0 Å². The number of ether oxygens (including phenoxy) is 1. The van der Waals surface area contributed by atoms with Crippen LogP contribution < -0.4 is 0 Å². The van der Waals surface area contributed by atoms with Crippen molar-refractivity contribution in [1.29, 1.82) is 5.26 Å². The van der Waals surface area contributed by atoms with Crippen molar-refractivity contribution >= 4 is 5.91 Å². The first-order valence-electron chi connectivity index (χ1n) is 6.18. The molecule has 0 rings (SSSR count). The molecule has 0 heterocycles. The number of hydrogen-bond donors (Lipinski definition) is 0. The van der Waals surface area contributed by atoms with E-state index in [0.29, 0.717) is 25.3 Å². The Balaban J connectivity index is 4.17. The monoisotopic (exact) mass is 240 g/mol. The van der Waals surface area contributed by atoms with Gasteiger partial charge in [-0.1, -0.05) is 13.8 Å². The molecule has 0 aliphatic rings. The highest BCUT2D eigenvalue weighted by atomic mass is 16.5. The fourth-order valence-electron chi connectivity index (χ4n) is 1.55. The predicted molar refractivity (Wildman–Crippen MR) is 67.4 cm³/mol. The molecule has 0 fully saturated rings. The molecule has 98 valence electrons. The van der Waals surface area contributed by atoms with Gasteiger partial charge in [0.05, 0.1) is 18.6 Å². The Kier molecular flexibility index (Phi) is 8.43. The smallest absolute Gasteiger partial charge is 0.222 e. The van der Waals surface area contributed by atoms with Crippen molar-refractivity contribution in [3.63, 3.8) is 0 Å². The summed E-state index contributed by atoms with van der Waals surface area (Å²) >= 11 is 0. The van der Waals surface area contributed by atoms with E-state index in [0.717, 1.165) is 13.0 Å². The van der Waals surface area contributed by atoms with Gasteiger partial charge in [0, 0.05) is 26.6 Å². The number of hydrogen-bond acceptors (Lipinski definition) is 3. The van der Waals surface area contributed by atoms with Gasteiger partial charge in [0.1, 0.15) is 0 Å². The molecular weight excluding hydrogens is 216 g/mol. The van der Waals surface area contributed by atoms with E-state index in [1.165, 1.54) is 0 Å². The van der Waals surface area contributed by atoms with Gasteiger partial charge in [0.15, 0.2) is 0 Å². The van der Waals surface area contributed by atoms with Crippen LogP contribution in [0.25, 0.3) is 0 Å². The van der Waals surface area contributed by atoms with Crippen LogP contribution >= 0.6 is 0 Å². The Morgan fingerprint density at radius 1 is 1.41 bits per heavy atom. The molecule has 1 amide bonds. The number of carbonyl (C=O) groups is 1. The highest BCUT2D eigenvalue weighted by molar-refractivity contribution is 5.76. The van der Waals surface area contributed by atoms with Gasteiger partial charge < -0.3 is 9.64 Å². The summed E-state index contributed by atoms with van der Waals surface area (Å²) in [7, 11) is 1.65. The van der Waals surface area contributed by atoms with Crippen LogP contribution in [0.4, 0.5) is 0 Å². The molecule has 0 aromatic carbocycles. The Bertz CT molecular complexity index is 259. The van der Waals surface area contributed by atoms with Crippen molar-refractivity contribution < 1.29 is 9.53 Å². The van der Waals surface area contributed by atoms with Gasteiger partial charge in [0.25, 0.3) is 0 Å². The van der Waals surface area contributed by atoms with Gasteiger partial charge in [-0.3, -0.25) is 4.79 Å². The lowest BCUT2D eigenvalue weighted by atomic mass is 10.1. The molecule has 0 saturated heterocycles. The number of nitrogens with zero attached hydrogens (tertiary/aromatic N) is 2. The molecule has 0 aromatic heterocycles. The minimum Gasteiger partial charge on any atom is -0.382 e. The molecule has 0 N–H and O–H groups in total. The molecule has 0 bridgehead atoms. The van der Waals surface area contributed by atoms with E-state index < -0.39 is 0 Å². The summed E-state index contributed by atoms with van der Waals surface area (Å²) in [5, 5.41) is 8.58. The van der Waals surface area contributed by atoms with Gasteiger partial charge in [-0.2, -0.15) is 5.26 Å². The first-order chi connectivity index (χ1) is 8.01. The van der Waals surface area contributed by atoms with Crippen LogP contribution in [-0.2, 0) is 9.53 Å². The maximum Gasteiger partial charge on any atom is 0.222 e. The van der Waals surface area contributed by atoms with Crippen LogP contribution in [0, 0.1) is 17.2 Å². The van der Waals surface area contributed by atoms with Crippen molar-refractivity contribution in [3.05, 3.63) is 0 Å². The second-order valence-corrected chi connectivity index (χ2v) is 4.73. The minimum absolute atomic E-state index is 0.107. The topological polar surface area (TPSA) is 53.3 Å². The maximum atomic E-state index is 12.0. The highest BCUT2D eigenvalue weighted by Gasteiger charge is 2.15. The maximum absolute atomic E-state index is 12.0. The SMILES string of the molecule is COC(C)CCC(=O)N(CCC#N)CC(C)C. The molecule has 17 heavy (non-hydrogen) atoms. The lowest BCUT2D eigenvalue weighted by Crippen LogP contribution is -2.35. The molecule has 4 nitrogen and oxygen atoms in total. The van der Waals surface area contributed by atoms with Gasteiger partial charge in [-0.25, -0.2) is 0 Å². The number of amides is 1. The Morgan fingerprint density at radius 3 is 2.53 bits per heavy atom. The van der Waals surface area contributed by atoms with E-state index in [1.54, 1.807) is 12.0 Å². The van der Waals surface area contributed by atoms with Crippen molar-refractivity contribution in [3.8, 4) is 6.07 Å². The third-order valence-electron chi connectivity index (χ3n) is 2.60. The lowest BCUT2D eigenvalue weighted by Gasteiger charge is -2.24. The number of methoxy groups -OCH3 is 1. The third kappa shape index (κ3) is 7.76. The minimum atomic E-state index is 0.107. The van der Waals surface area contributed by atoms with Crippen LogP contribution in [0.3, 0.4) is 0 Å². The molecule has 1 unspecified atom stereocenters. The molecule has 0 aliphatic heterocycles. The van der Waals surface area contributed by atoms with Gasteiger partial charge in [0.2, 0.25) is 5.91 Å². The zero-order valence-corrected chi connectivity index (χ0v) is 11.4. The standard InChI is InChI=1S/C13H24N2O2/c1-11(2)10-15(9-5-8-14)13(16)7-6-12(3)17-4/h11-12H,5-7,9-10H2,1-4H3. The molecule has 0 saturated carbocycles. The summed E-state index contributed by atoms with van der Waals surface area (Å²) in [5.41, 5.74) is 0. The van der Waals surface area contributed by atoms with E-state index >= 15 is 0 Å². The summed E-state index contributed by atoms with van der Waals surface area (Å²) in [4.78, 5) is 13.8. The summed E-state index contributed by atoms with van der Waals surface area (Å²) < 4.78 is 5.12. The second kappa shape index (κ2) is 9.00. The Morgan fingerprint density at radius 2 is 2.06 bits per heavy atom. The van der Waals surface area contributed by atoms with Crippen molar-refractivity contribution in [2.24, 2.45) is 5.92 Å². The van der Waals surface area contributed by atoms with Crippen molar-refractivity contribution in [2.75, 3.05) is 20.2 Å². The zero-order valence-electron chi connectivity index (χ0n) is 11.4. The molecule has 0 aliphatic carbocycles. The van der Waals surface area contributed by atoms with Crippen LogP contribution in [0.15, 0.2) is 0 Å². The molecule has 1 atom stereocenters. The quantitative estimate of drug-likeness (QED) is 0.653. The van der Waals surface area contributed by atoms with Gasteiger partial charge in [-0.05, 0) is 19.3 Å². The van der Waals surface area contributed by atoms with Gasteiger partial charge >= 0.3 is 0 Å². The van der Waals surface area contributed by atoms with E-state index in [-0.39, 0.29) is 12.0 Å². The molecule has 4 heteroatoms. The second-order valence-electron chi connectivity index (χ2n) is 4.73. The van der Waals surface area contributed by atoms with E-state index in [9.17, 15) is 4.79 Å². The zero-order chi connectivity index (χ0) is 13.3. The third-order valence-corrected chi connectivity index (χ3v) is 2.60. The first-order valence-corrected chi connectivity index (χ1v) is 6.18. The average molecular weight is 240 g/mol. The number of carbonyl (C=O) groups excluding carboxylic acids is 1. The Hall–Kier alpha value is -1.08. The van der Waals surface area contributed by atoms with E-state index in [2.05, 4.69) is 19.9 Å². The molecule has 0 radical (unpaired) electrons. The molecule has 0 spiro atoms. The van der Waals surface area contributed by atoms with E-state index in [4.69, 9.17) is 10.00 Å². The van der Waals surface area contributed by atoms with Crippen LogP contribution in [0.2, 0.25) is 0 Å². The molecular formula is C13H24N2O2. The summed E-state index contributed by atoms with van der Waals surface area (Å²) in [6.07, 6.45) is 1.73. The average Bonchev–Trinajstić information content (AvgIpc) is 2.30. The largest absolute Gasteiger partial charge is 0.382 e. The van der Waals surface area contributed by atoms with Gasteiger partial charge in [-0.15, -0.1) is 0 Å². The predicted octanol–water partition coefficient (Wildman–Crippen LogP) is 2.20. The number of rotatable bonds is 8. The summed E-state index contributed by atoms with van der Waals surface area (Å²) in [5.74, 6) is 0.551. The fraction of sp³-hybridized carbons (Fsp3) is 0.846. The van der Waals surface area contributed by atoms with Crippen LogP contribution in [0.5, 0.6) is 0 Å².